The van der Waals surface area contributed by atoms with E-state index in [9.17, 15) is 0 Å². The topological polar surface area (TPSA) is 40.5 Å². The summed E-state index contributed by atoms with van der Waals surface area (Å²) in [6.45, 7) is 14.0. The molecule has 24 heavy (non-hydrogen) atoms. The van der Waals surface area contributed by atoms with Crippen molar-refractivity contribution in [3.8, 4) is 0 Å². The van der Waals surface area contributed by atoms with Crippen LogP contribution in [0.5, 0.6) is 0 Å². The van der Waals surface area contributed by atoms with Crippen LogP contribution in [0, 0.1) is 0 Å². The highest BCUT2D eigenvalue weighted by molar-refractivity contribution is 7.11. The Labute approximate surface area is 150 Å². The van der Waals surface area contributed by atoms with E-state index >= 15 is 0 Å². The molecule has 0 spiro atoms. The van der Waals surface area contributed by atoms with Gasteiger partial charge >= 0.3 is 0 Å². The normalized spacial score (nSPS) is 19.2. The van der Waals surface area contributed by atoms with E-state index in [0.717, 1.165) is 43.3 Å². The Bertz CT molecular complexity index is 536. The predicted octanol–water partition coefficient (Wildman–Crippen LogP) is 3.88. The molecule has 1 aliphatic rings. The van der Waals surface area contributed by atoms with E-state index in [4.69, 9.17) is 4.99 Å². The summed E-state index contributed by atoms with van der Waals surface area (Å²) in [5.74, 6) is 0.918. The number of thiazole rings is 1. The molecular formula is C19H30N4S. The Balaban J connectivity index is 1.87. The average molecular weight is 347 g/mol. The number of likely N-dealkylation sites (tertiary alicyclic amines) is 1. The molecule has 0 aliphatic carbocycles. The second-order valence-corrected chi connectivity index (χ2v) is 7.08. The first-order chi connectivity index (χ1) is 11.7. The summed E-state index contributed by atoms with van der Waals surface area (Å²) in [4.78, 5) is 11.6. The van der Waals surface area contributed by atoms with Crippen LogP contribution in [-0.4, -0.2) is 47.9 Å². The molecule has 1 aromatic rings. The molecule has 4 nitrogen and oxygen atoms in total. The van der Waals surface area contributed by atoms with Gasteiger partial charge in [0.25, 0.3) is 0 Å². The zero-order valence-electron chi connectivity index (χ0n) is 14.8. The summed E-state index contributed by atoms with van der Waals surface area (Å²) >= 11 is 1.63. The first-order valence-corrected chi connectivity index (χ1v) is 9.84. The zero-order valence-corrected chi connectivity index (χ0v) is 15.7. The first-order valence-electron chi connectivity index (χ1n) is 8.96. The third kappa shape index (κ3) is 5.87. The van der Waals surface area contributed by atoms with Crippen molar-refractivity contribution in [2.45, 2.75) is 45.1 Å². The third-order valence-corrected chi connectivity index (χ3v) is 5.28. The lowest BCUT2D eigenvalue weighted by atomic mass is 10.0. The highest BCUT2D eigenvalue weighted by Gasteiger charge is 2.19. The van der Waals surface area contributed by atoms with Crippen molar-refractivity contribution in [3.63, 3.8) is 0 Å². The first kappa shape index (κ1) is 18.9. The molecule has 1 aliphatic heterocycles. The summed E-state index contributed by atoms with van der Waals surface area (Å²) in [7, 11) is 0. The van der Waals surface area contributed by atoms with Crippen molar-refractivity contribution in [1.29, 1.82) is 0 Å². The van der Waals surface area contributed by atoms with E-state index in [-0.39, 0.29) is 0 Å². The molecule has 1 fully saturated rings. The van der Waals surface area contributed by atoms with Gasteiger partial charge in [-0.2, -0.15) is 0 Å². The highest BCUT2D eigenvalue weighted by atomic mass is 32.1. The number of aromatic nitrogens is 1. The molecule has 2 rings (SSSR count). The SMILES string of the molecule is C=CC1CCCCN1CCNC(=NCCC(=C)CC)c1nccs1. The molecule has 0 radical (unpaired) electrons. The van der Waals surface area contributed by atoms with E-state index in [2.05, 4.69) is 41.4 Å². The van der Waals surface area contributed by atoms with Crippen molar-refractivity contribution in [1.82, 2.24) is 15.2 Å². The van der Waals surface area contributed by atoms with Crippen molar-refractivity contribution in [3.05, 3.63) is 41.4 Å². The second-order valence-electron chi connectivity index (χ2n) is 6.18. The van der Waals surface area contributed by atoms with Crippen LogP contribution in [0.4, 0.5) is 0 Å². The zero-order chi connectivity index (χ0) is 17.2. The van der Waals surface area contributed by atoms with Crippen molar-refractivity contribution in [2.75, 3.05) is 26.2 Å². The van der Waals surface area contributed by atoms with E-state index in [1.165, 1.54) is 31.4 Å². The molecule has 0 bridgehead atoms. The summed E-state index contributed by atoms with van der Waals surface area (Å²) in [5, 5.41) is 6.46. The molecular weight excluding hydrogens is 316 g/mol. The lowest BCUT2D eigenvalue weighted by Gasteiger charge is -2.33. The number of amidine groups is 1. The van der Waals surface area contributed by atoms with Crippen LogP contribution in [-0.2, 0) is 0 Å². The lowest BCUT2D eigenvalue weighted by molar-refractivity contribution is 0.183. The summed E-state index contributed by atoms with van der Waals surface area (Å²) in [5.41, 5.74) is 1.25. The minimum absolute atomic E-state index is 0.522. The number of nitrogens with one attached hydrogen (secondary N) is 1. The van der Waals surface area contributed by atoms with Gasteiger partial charge in [0.1, 0.15) is 0 Å². The molecule has 1 N–H and O–H groups in total. The number of hydrogen-bond acceptors (Lipinski definition) is 4. The van der Waals surface area contributed by atoms with Crippen molar-refractivity contribution < 1.29 is 0 Å². The Kier molecular flexibility index (Phi) is 8.19. The van der Waals surface area contributed by atoms with Crippen LogP contribution in [0.25, 0.3) is 0 Å². The van der Waals surface area contributed by atoms with Gasteiger partial charge in [0.15, 0.2) is 10.8 Å². The molecule has 0 aromatic carbocycles. The largest absolute Gasteiger partial charge is 0.367 e. The molecule has 1 saturated heterocycles. The standard InChI is InChI=1S/C19H30N4S/c1-4-16(3)9-10-20-18(19-22-12-15-24-19)21-11-14-23-13-7-6-8-17(23)5-2/h5,12,15,17H,2-4,6-11,13-14H2,1H3,(H,20,21). The number of nitrogens with zero attached hydrogens (tertiary/aromatic N) is 3. The maximum atomic E-state index is 4.73. The van der Waals surface area contributed by atoms with Crippen LogP contribution < -0.4 is 5.32 Å². The fourth-order valence-electron chi connectivity index (χ4n) is 2.92. The maximum Gasteiger partial charge on any atom is 0.158 e. The summed E-state index contributed by atoms with van der Waals surface area (Å²) in [6, 6.07) is 0.522. The molecule has 132 valence electrons. The van der Waals surface area contributed by atoms with E-state index < -0.39 is 0 Å². The molecule has 2 heterocycles. The van der Waals surface area contributed by atoms with E-state index in [1.54, 1.807) is 11.3 Å². The molecule has 5 heteroatoms. The molecule has 1 aromatic heterocycles. The van der Waals surface area contributed by atoms with Crippen LogP contribution in [0.3, 0.4) is 0 Å². The van der Waals surface area contributed by atoms with Crippen molar-refractivity contribution >= 4 is 17.2 Å². The molecule has 1 atom stereocenters. The fraction of sp³-hybridized carbons (Fsp3) is 0.579. The third-order valence-electron chi connectivity index (χ3n) is 4.50. The summed E-state index contributed by atoms with van der Waals surface area (Å²) < 4.78 is 0. The Morgan fingerprint density at radius 1 is 1.54 bits per heavy atom. The number of hydrogen-bond donors (Lipinski definition) is 1. The van der Waals surface area contributed by atoms with Crippen LogP contribution in [0.15, 0.2) is 41.4 Å². The Morgan fingerprint density at radius 3 is 3.12 bits per heavy atom. The monoisotopic (exact) mass is 346 g/mol. The summed E-state index contributed by atoms with van der Waals surface area (Å²) in [6.07, 6.45) is 9.72. The second kappa shape index (κ2) is 10.4. The molecule has 0 saturated carbocycles. The van der Waals surface area contributed by atoms with Gasteiger partial charge in [-0.15, -0.1) is 17.9 Å². The minimum atomic E-state index is 0.522. The van der Waals surface area contributed by atoms with Gasteiger partial charge in [-0.25, -0.2) is 4.98 Å². The van der Waals surface area contributed by atoms with Crippen LogP contribution in [0.2, 0.25) is 0 Å². The minimum Gasteiger partial charge on any atom is -0.367 e. The Hall–Kier alpha value is -1.46. The van der Waals surface area contributed by atoms with Crippen LogP contribution >= 0.6 is 11.3 Å². The maximum absolute atomic E-state index is 4.73. The van der Waals surface area contributed by atoms with Gasteiger partial charge in [-0.05, 0) is 32.2 Å². The van der Waals surface area contributed by atoms with Gasteiger partial charge in [0.05, 0.1) is 0 Å². The van der Waals surface area contributed by atoms with E-state index in [0.29, 0.717) is 6.04 Å². The quantitative estimate of drug-likeness (QED) is 0.419. The van der Waals surface area contributed by atoms with Gasteiger partial charge in [0.2, 0.25) is 0 Å². The lowest BCUT2D eigenvalue weighted by Crippen LogP contribution is -2.43. The molecule has 1 unspecified atom stereocenters. The van der Waals surface area contributed by atoms with Gasteiger partial charge in [-0.1, -0.05) is 31.6 Å². The highest BCUT2D eigenvalue weighted by Crippen LogP contribution is 2.16. The smallest absolute Gasteiger partial charge is 0.158 e. The van der Waals surface area contributed by atoms with E-state index in [1.807, 2.05) is 11.6 Å². The molecule has 0 amide bonds. The number of rotatable bonds is 9. The predicted molar refractivity (Wildman–Crippen MR) is 105 cm³/mol. The van der Waals surface area contributed by atoms with Crippen LogP contribution in [0.1, 0.15) is 44.0 Å². The fourth-order valence-corrected chi connectivity index (χ4v) is 3.54. The average Bonchev–Trinajstić information content (AvgIpc) is 3.15. The number of piperidine rings is 1. The van der Waals surface area contributed by atoms with Crippen molar-refractivity contribution in [2.24, 2.45) is 4.99 Å². The number of aliphatic imine (C=N–C) groups is 1. The van der Waals surface area contributed by atoms with Gasteiger partial charge in [0, 0.05) is 37.3 Å². The van der Waals surface area contributed by atoms with Gasteiger partial charge in [-0.3, -0.25) is 9.89 Å². The Morgan fingerprint density at radius 2 is 2.42 bits per heavy atom. The van der Waals surface area contributed by atoms with Gasteiger partial charge < -0.3 is 5.32 Å².